The fraction of sp³-hybridized carbons (Fsp3) is 0.375. The smallest absolute Gasteiger partial charge is 0.180 e. The first-order valence-electron chi connectivity index (χ1n) is 3.79. The van der Waals surface area contributed by atoms with Gasteiger partial charge in [0.25, 0.3) is 0 Å². The summed E-state index contributed by atoms with van der Waals surface area (Å²) in [5, 5.41) is 6.06. The minimum absolute atomic E-state index is 0.0394. The second-order valence-electron chi connectivity index (χ2n) is 2.76. The first-order valence-corrected chi connectivity index (χ1v) is 4.67. The maximum absolute atomic E-state index is 5.46. The molecule has 1 aliphatic rings. The zero-order valence-electron chi connectivity index (χ0n) is 6.78. The summed E-state index contributed by atoms with van der Waals surface area (Å²) in [6.07, 6.45) is 1.83. The van der Waals surface area contributed by atoms with Crippen LogP contribution >= 0.6 is 11.3 Å². The number of ether oxygens (including phenoxy) is 1. The first kappa shape index (κ1) is 7.61. The van der Waals surface area contributed by atoms with E-state index in [1.165, 1.54) is 0 Å². The minimum Gasteiger partial charge on any atom is -0.467 e. The van der Waals surface area contributed by atoms with Crippen LogP contribution in [-0.2, 0) is 4.74 Å². The number of hydrogen-bond acceptors (Lipinski definition) is 4. The molecule has 4 heteroatoms. The molecule has 1 aromatic rings. The molecule has 0 unspecified atom stereocenters. The van der Waals surface area contributed by atoms with Crippen LogP contribution in [-0.4, -0.2) is 11.0 Å². The molecule has 0 spiro atoms. The van der Waals surface area contributed by atoms with E-state index in [4.69, 9.17) is 4.74 Å². The van der Waals surface area contributed by atoms with Crippen LogP contribution < -0.4 is 5.32 Å². The summed E-state index contributed by atoms with van der Waals surface area (Å²) in [5.74, 6) is 0.641. The van der Waals surface area contributed by atoms with Gasteiger partial charge in [-0.3, -0.25) is 0 Å². The van der Waals surface area contributed by atoms with Gasteiger partial charge in [-0.1, -0.05) is 0 Å². The summed E-state index contributed by atoms with van der Waals surface area (Å²) < 4.78 is 5.46. The number of aromatic nitrogens is 1. The van der Waals surface area contributed by atoms with Crippen molar-refractivity contribution < 1.29 is 4.74 Å². The van der Waals surface area contributed by atoms with E-state index < -0.39 is 0 Å². The molecule has 1 aliphatic heterocycles. The molecule has 1 saturated heterocycles. The Hall–Kier alpha value is -1.03. The third kappa shape index (κ3) is 1.18. The summed E-state index contributed by atoms with van der Waals surface area (Å²) in [6.45, 7) is 5.77. The predicted molar refractivity (Wildman–Crippen MR) is 47.7 cm³/mol. The maximum Gasteiger partial charge on any atom is 0.180 e. The SMILES string of the molecule is C=C1N[C@@H](C)[C@H](c2nccs2)O1. The molecule has 12 heavy (non-hydrogen) atoms. The van der Waals surface area contributed by atoms with Gasteiger partial charge in [0.05, 0.1) is 6.04 Å². The van der Waals surface area contributed by atoms with Crippen molar-refractivity contribution in [2.75, 3.05) is 0 Å². The summed E-state index contributed by atoms with van der Waals surface area (Å²) in [6, 6.07) is 0.267. The summed E-state index contributed by atoms with van der Waals surface area (Å²) in [5.41, 5.74) is 0. The third-order valence-corrected chi connectivity index (χ3v) is 2.64. The first-order chi connectivity index (χ1) is 5.77. The van der Waals surface area contributed by atoms with Crippen molar-refractivity contribution in [1.29, 1.82) is 0 Å². The summed E-state index contributed by atoms with van der Waals surface area (Å²) in [4.78, 5) is 4.20. The van der Waals surface area contributed by atoms with E-state index in [-0.39, 0.29) is 12.1 Å². The Labute approximate surface area is 75.1 Å². The van der Waals surface area contributed by atoms with Gasteiger partial charge in [0.2, 0.25) is 0 Å². The van der Waals surface area contributed by atoms with Crippen LogP contribution in [0.1, 0.15) is 18.0 Å². The minimum atomic E-state index is 0.0394. The lowest BCUT2D eigenvalue weighted by Crippen LogP contribution is -2.20. The number of thiazole rings is 1. The van der Waals surface area contributed by atoms with Gasteiger partial charge in [-0.25, -0.2) is 4.98 Å². The van der Waals surface area contributed by atoms with Gasteiger partial charge < -0.3 is 10.1 Å². The number of nitrogens with one attached hydrogen (secondary N) is 1. The van der Waals surface area contributed by atoms with Crippen LogP contribution in [0.15, 0.2) is 24.0 Å². The highest BCUT2D eigenvalue weighted by Gasteiger charge is 2.30. The molecule has 0 aliphatic carbocycles. The Bertz CT molecular complexity index is 283. The highest BCUT2D eigenvalue weighted by atomic mass is 32.1. The molecule has 1 aromatic heterocycles. The van der Waals surface area contributed by atoms with Crippen molar-refractivity contribution in [1.82, 2.24) is 10.3 Å². The lowest BCUT2D eigenvalue weighted by atomic mass is 10.2. The van der Waals surface area contributed by atoms with Gasteiger partial charge in [0.15, 0.2) is 12.0 Å². The average molecular weight is 182 g/mol. The normalized spacial score (nSPS) is 28.2. The molecule has 3 nitrogen and oxygen atoms in total. The Morgan fingerprint density at radius 1 is 1.75 bits per heavy atom. The Kier molecular flexibility index (Phi) is 1.77. The second-order valence-corrected chi connectivity index (χ2v) is 3.69. The van der Waals surface area contributed by atoms with Gasteiger partial charge >= 0.3 is 0 Å². The van der Waals surface area contributed by atoms with Crippen molar-refractivity contribution in [2.24, 2.45) is 0 Å². The van der Waals surface area contributed by atoms with Crippen LogP contribution in [0.4, 0.5) is 0 Å². The quantitative estimate of drug-likeness (QED) is 0.717. The summed E-state index contributed by atoms with van der Waals surface area (Å²) in [7, 11) is 0. The van der Waals surface area contributed by atoms with Gasteiger partial charge in [-0.15, -0.1) is 11.3 Å². The van der Waals surface area contributed by atoms with Gasteiger partial charge in [0, 0.05) is 11.6 Å². The second kappa shape index (κ2) is 2.79. The van der Waals surface area contributed by atoms with Gasteiger partial charge in [-0.05, 0) is 13.5 Å². The van der Waals surface area contributed by atoms with E-state index in [9.17, 15) is 0 Å². The molecule has 0 aromatic carbocycles. The molecule has 1 N–H and O–H groups in total. The average Bonchev–Trinajstić information content (AvgIpc) is 2.58. The van der Waals surface area contributed by atoms with Crippen LogP contribution in [0, 0.1) is 0 Å². The fourth-order valence-electron chi connectivity index (χ4n) is 1.26. The lowest BCUT2D eigenvalue weighted by molar-refractivity contribution is 0.155. The molecular weight excluding hydrogens is 172 g/mol. The van der Waals surface area contributed by atoms with Crippen molar-refractivity contribution in [2.45, 2.75) is 19.1 Å². The van der Waals surface area contributed by atoms with Crippen LogP contribution in [0.5, 0.6) is 0 Å². The molecular formula is C8H10N2OS. The molecule has 0 saturated carbocycles. The number of hydrogen-bond donors (Lipinski definition) is 1. The molecule has 0 amide bonds. The van der Waals surface area contributed by atoms with Crippen molar-refractivity contribution in [3.05, 3.63) is 29.0 Å². The standard InChI is InChI=1S/C8H10N2OS/c1-5-7(11-6(2)10-5)8-9-3-4-12-8/h3-5,7,10H,2H2,1H3/t5-,7+/m0/s1. The molecule has 1 fully saturated rings. The molecule has 2 atom stereocenters. The van der Waals surface area contributed by atoms with E-state index in [2.05, 4.69) is 23.8 Å². The van der Waals surface area contributed by atoms with Crippen LogP contribution in [0.2, 0.25) is 0 Å². The highest BCUT2D eigenvalue weighted by molar-refractivity contribution is 7.09. The predicted octanol–water partition coefficient (Wildman–Crippen LogP) is 1.66. The zero-order valence-corrected chi connectivity index (χ0v) is 7.60. The van der Waals surface area contributed by atoms with E-state index in [0.717, 1.165) is 5.01 Å². The van der Waals surface area contributed by atoms with Gasteiger partial charge in [0.1, 0.15) is 5.01 Å². The topological polar surface area (TPSA) is 34.2 Å². The van der Waals surface area contributed by atoms with E-state index in [0.29, 0.717) is 5.88 Å². The fourth-order valence-corrected chi connectivity index (χ4v) is 2.03. The lowest BCUT2D eigenvalue weighted by Gasteiger charge is -2.08. The Balaban J connectivity index is 2.20. The number of rotatable bonds is 1. The Morgan fingerprint density at radius 3 is 3.08 bits per heavy atom. The van der Waals surface area contributed by atoms with E-state index >= 15 is 0 Å². The monoisotopic (exact) mass is 182 g/mol. The molecule has 2 heterocycles. The van der Waals surface area contributed by atoms with E-state index in [1.807, 2.05) is 5.38 Å². The molecule has 0 bridgehead atoms. The van der Waals surface area contributed by atoms with Gasteiger partial charge in [-0.2, -0.15) is 0 Å². The van der Waals surface area contributed by atoms with Crippen molar-refractivity contribution in [3.8, 4) is 0 Å². The van der Waals surface area contributed by atoms with Crippen molar-refractivity contribution in [3.63, 3.8) is 0 Å². The van der Waals surface area contributed by atoms with E-state index in [1.54, 1.807) is 17.5 Å². The highest BCUT2D eigenvalue weighted by Crippen LogP contribution is 2.29. The zero-order chi connectivity index (χ0) is 8.55. The Morgan fingerprint density at radius 2 is 2.58 bits per heavy atom. The molecule has 2 rings (SSSR count). The van der Waals surface area contributed by atoms with Crippen molar-refractivity contribution >= 4 is 11.3 Å². The number of nitrogens with zero attached hydrogens (tertiary/aromatic N) is 1. The molecule has 64 valence electrons. The molecule has 0 radical (unpaired) electrons. The van der Waals surface area contributed by atoms with Crippen LogP contribution in [0.3, 0.4) is 0 Å². The maximum atomic E-state index is 5.46. The van der Waals surface area contributed by atoms with Crippen LogP contribution in [0.25, 0.3) is 0 Å². The largest absolute Gasteiger partial charge is 0.467 e. The summed E-state index contributed by atoms with van der Waals surface area (Å²) >= 11 is 1.61. The third-order valence-electron chi connectivity index (χ3n) is 1.81.